The molecule has 3 unspecified atom stereocenters. The number of rotatable bonds is 11. The van der Waals surface area contributed by atoms with E-state index >= 15 is 0 Å². The minimum atomic E-state index is 0.0124. The fraction of sp³-hybridized carbons (Fsp3) is 0.917. The molecule has 0 N–H and O–H groups in total. The summed E-state index contributed by atoms with van der Waals surface area (Å²) in [6.45, 7) is 13.0. The molecule has 0 aromatic heterocycles. The zero-order valence-electron chi connectivity index (χ0n) is 18.1. The third kappa shape index (κ3) is 6.37. The summed E-state index contributed by atoms with van der Waals surface area (Å²) in [6.07, 6.45) is 14.7. The first-order chi connectivity index (χ1) is 12.6. The van der Waals surface area contributed by atoms with Crippen molar-refractivity contribution in [3.8, 4) is 0 Å². The zero-order valence-corrected chi connectivity index (χ0v) is 18.1. The molecule has 0 aromatic carbocycles. The van der Waals surface area contributed by atoms with Gasteiger partial charge in [-0.25, -0.2) is 0 Å². The molecule has 2 aliphatic rings. The molecule has 0 saturated heterocycles. The Morgan fingerprint density at radius 1 is 1.00 bits per heavy atom. The Morgan fingerprint density at radius 2 is 1.69 bits per heavy atom. The topological polar surface area (TPSA) is 18.5 Å². The maximum Gasteiger partial charge on any atom is 0.157 e. The van der Waals surface area contributed by atoms with E-state index in [9.17, 15) is 0 Å². The second kappa shape index (κ2) is 11.5. The average Bonchev–Trinajstić information content (AvgIpc) is 2.61. The maximum atomic E-state index is 5.66. The molecular formula is C24H44O2. The van der Waals surface area contributed by atoms with Gasteiger partial charge in [-0.3, -0.25) is 0 Å². The summed E-state index contributed by atoms with van der Waals surface area (Å²) >= 11 is 0. The Balaban J connectivity index is 1.73. The maximum absolute atomic E-state index is 5.66. The summed E-state index contributed by atoms with van der Waals surface area (Å²) in [6, 6.07) is 0. The van der Waals surface area contributed by atoms with Crippen LogP contribution in [0.15, 0.2) is 11.6 Å². The molecule has 2 heteroatoms. The highest BCUT2D eigenvalue weighted by atomic mass is 16.7. The molecule has 0 bridgehead atoms. The number of hydrogen-bond acceptors (Lipinski definition) is 2. The van der Waals surface area contributed by atoms with Crippen LogP contribution in [0.5, 0.6) is 0 Å². The van der Waals surface area contributed by atoms with E-state index in [-0.39, 0.29) is 6.29 Å². The molecule has 0 aliphatic heterocycles. The van der Waals surface area contributed by atoms with E-state index in [1.807, 2.05) is 13.8 Å². The first kappa shape index (κ1) is 22.0. The smallest absolute Gasteiger partial charge is 0.157 e. The van der Waals surface area contributed by atoms with Crippen LogP contribution in [0.3, 0.4) is 0 Å². The van der Waals surface area contributed by atoms with E-state index < -0.39 is 0 Å². The summed E-state index contributed by atoms with van der Waals surface area (Å²) in [5.74, 6) is 4.54. The largest absolute Gasteiger partial charge is 0.353 e. The standard InChI is InChI=1S/C24H44O2/c1-6-25-24(26-7-2)12-10-8-9-11-19(4)22-16-14-20(5)21-15-13-18(3)17-23(21)22/h17,19-24H,6-16H2,1-5H3/t19-,20+,21?,22?,23?/m0/s1. The number of hydrogen-bond donors (Lipinski definition) is 0. The van der Waals surface area contributed by atoms with Gasteiger partial charge < -0.3 is 9.47 Å². The van der Waals surface area contributed by atoms with Crippen molar-refractivity contribution in [2.45, 2.75) is 98.7 Å². The number of fused-ring (bicyclic) bond motifs is 1. The van der Waals surface area contributed by atoms with Crippen LogP contribution >= 0.6 is 0 Å². The van der Waals surface area contributed by atoms with Crippen LogP contribution in [0.25, 0.3) is 0 Å². The molecule has 26 heavy (non-hydrogen) atoms. The van der Waals surface area contributed by atoms with E-state index in [0.29, 0.717) is 0 Å². The van der Waals surface area contributed by atoms with Gasteiger partial charge in [-0.1, -0.05) is 51.2 Å². The van der Waals surface area contributed by atoms with Crippen molar-refractivity contribution in [3.05, 3.63) is 11.6 Å². The zero-order chi connectivity index (χ0) is 18.9. The highest BCUT2D eigenvalue weighted by Gasteiger charge is 2.39. The molecular weight excluding hydrogens is 320 g/mol. The van der Waals surface area contributed by atoms with Gasteiger partial charge >= 0.3 is 0 Å². The van der Waals surface area contributed by atoms with Gasteiger partial charge in [0, 0.05) is 13.2 Å². The monoisotopic (exact) mass is 364 g/mol. The van der Waals surface area contributed by atoms with Crippen molar-refractivity contribution >= 4 is 0 Å². The summed E-state index contributed by atoms with van der Waals surface area (Å²) in [4.78, 5) is 0. The van der Waals surface area contributed by atoms with Gasteiger partial charge in [0.05, 0.1) is 0 Å². The van der Waals surface area contributed by atoms with Gasteiger partial charge in [0.1, 0.15) is 0 Å². The van der Waals surface area contributed by atoms with Gasteiger partial charge in [-0.05, 0) is 82.5 Å². The third-order valence-corrected chi connectivity index (χ3v) is 7.06. The van der Waals surface area contributed by atoms with Crippen LogP contribution in [0, 0.1) is 29.6 Å². The minimum absolute atomic E-state index is 0.0124. The SMILES string of the molecule is CCOC(CCCCC[C@H](C)C1CC[C@@H](C)C2CCC(C)=CC21)OCC. The normalized spacial score (nSPS) is 30.2. The first-order valence-electron chi connectivity index (χ1n) is 11.5. The molecule has 2 rings (SSSR count). The summed E-state index contributed by atoms with van der Waals surface area (Å²) < 4.78 is 11.3. The van der Waals surface area contributed by atoms with Crippen molar-refractivity contribution in [3.63, 3.8) is 0 Å². The van der Waals surface area contributed by atoms with E-state index in [4.69, 9.17) is 9.47 Å². The number of allylic oxidation sites excluding steroid dienone is 2. The second-order valence-electron chi connectivity index (χ2n) is 8.97. The van der Waals surface area contributed by atoms with Crippen LogP contribution < -0.4 is 0 Å². The van der Waals surface area contributed by atoms with Gasteiger partial charge in [0.2, 0.25) is 0 Å². The van der Waals surface area contributed by atoms with Crippen LogP contribution in [0.2, 0.25) is 0 Å². The van der Waals surface area contributed by atoms with Crippen molar-refractivity contribution in [1.29, 1.82) is 0 Å². The molecule has 0 amide bonds. The predicted octanol–water partition coefficient (Wildman–Crippen LogP) is 6.99. The Kier molecular flexibility index (Phi) is 9.70. The Morgan fingerprint density at radius 3 is 2.38 bits per heavy atom. The fourth-order valence-corrected chi connectivity index (χ4v) is 5.51. The summed E-state index contributed by atoms with van der Waals surface area (Å²) in [7, 11) is 0. The fourth-order valence-electron chi connectivity index (χ4n) is 5.51. The Hall–Kier alpha value is -0.340. The molecule has 0 spiro atoms. The van der Waals surface area contributed by atoms with Crippen LogP contribution in [0.1, 0.15) is 92.4 Å². The van der Waals surface area contributed by atoms with E-state index in [1.54, 1.807) is 5.57 Å². The van der Waals surface area contributed by atoms with Gasteiger partial charge in [0.15, 0.2) is 6.29 Å². The molecule has 1 fully saturated rings. The van der Waals surface area contributed by atoms with E-state index in [1.165, 1.54) is 51.4 Å². The molecule has 152 valence electrons. The van der Waals surface area contributed by atoms with Crippen molar-refractivity contribution in [1.82, 2.24) is 0 Å². The lowest BCUT2D eigenvalue weighted by molar-refractivity contribution is -0.140. The number of ether oxygens (including phenoxy) is 2. The van der Waals surface area contributed by atoms with E-state index in [0.717, 1.165) is 49.2 Å². The summed E-state index contributed by atoms with van der Waals surface area (Å²) in [5, 5.41) is 0. The molecule has 0 heterocycles. The molecule has 0 radical (unpaired) electrons. The lowest BCUT2D eigenvalue weighted by atomic mass is 9.59. The predicted molar refractivity (Wildman–Crippen MR) is 111 cm³/mol. The average molecular weight is 365 g/mol. The second-order valence-corrected chi connectivity index (χ2v) is 8.97. The Labute approximate surface area is 163 Å². The van der Waals surface area contributed by atoms with Gasteiger partial charge in [0.25, 0.3) is 0 Å². The van der Waals surface area contributed by atoms with Crippen LogP contribution in [-0.4, -0.2) is 19.5 Å². The van der Waals surface area contributed by atoms with Crippen molar-refractivity contribution in [2.24, 2.45) is 29.6 Å². The third-order valence-electron chi connectivity index (χ3n) is 7.06. The lowest BCUT2D eigenvalue weighted by Gasteiger charge is -2.46. The quantitative estimate of drug-likeness (QED) is 0.223. The van der Waals surface area contributed by atoms with Gasteiger partial charge in [-0.2, -0.15) is 0 Å². The highest BCUT2D eigenvalue weighted by molar-refractivity contribution is 5.11. The first-order valence-corrected chi connectivity index (χ1v) is 11.5. The van der Waals surface area contributed by atoms with Crippen LogP contribution in [0.4, 0.5) is 0 Å². The van der Waals surface area contributed by atoms with Crippen LogP contribution in [-0.2, 0) is 9.47 Å². The van der Waals surface area contributed by atoms with Crippen molar-refractivity contribution < 1.29 is 9.47 Å². The molecule has 2 aliphatic carbocycles. The molecule has 1 saturated carbocycles. The number of unbranched alkanes of at least 4 members (excludes halogenated alkanes) is 2. The van der Waals surface area contributed by atoms with E-state index in [2.05, 4.69) is 26.8 Å². The lowest BCUT2D eigenvalue weighted by Crippen LogP contribution is -2.37. The highest BCUT2D eigenvalue weighted by Crippen LogP contribution is 2.48. The molecule has 2 nitrogen and oxygen atoms in total. The minimum Gasteiger partial charge on any atom is -0.353 e. The summed E-state index contributed by atoms with van der Waals surface area (Å²) in [5.41, 5.74) is 1.65. The molecule has 0 aromatic rings. The Bertz CT molecular complexity index is 410. The van der Waals surface area contributed by atoms with Gasteiger partial charge in [-0.15, -0.1) is 0 Å². The molecule has 5 atom stereocenters. The van der Waals surface area contributed by atoms with Crippen molar-refractivity contribution in [2.75, 3.05) is 13.2 Å².